The maximum Gasteiger partial charge on any atom is 0.256 e. The van der Waals surface area contributed by atoms with E-state index < -0.39 is 0 Å². The SMILES string of the molecule is Cc1ccnc(NC(=O)c2ccc3c(c2)CCC(=O)N3)c1. The Balaban J connectivity index is 1.81. The fourth-order valence-electron chi connectivity index (χ4n) is 2.32. The van der Waals surface area contributed by atoms with Crippen LogP contribution in [0.5, 0.6) is 0 Å². The van der Waals surface area contributed by atoms with E-state index in [1.165, 1.54) is 0 Å². The van der Waals surface area contributed by atoms with Crippen LogP contribution in [-0.4, -0.2) is 16.8 Å². The molecule has 5 heteroatoms. The first-order valence-corrected chi connectivity index (χ1v) is 6.78. The van der Waals surface area contributed by atoms with E-state index in [0.717, 1.165) is 16.8 Å². The van der Waals surface area contributed by atoms with Crippen molar-refractivity contribution in [3.63, 3.8) is 0 Å². The lowest BCUT2D eigenvalue weighted by atomic mass is 10.00. The van der Waals surface area contributed by atoms with Gasteiger partial charge in [0.1, 0.15) is 5.82 Å². The van der Waals surface area contributed by atoms with Crippen LogP contribution in [0.15, 0.2) is 36.5 Å². The van der Waals surface area contributed by atoms with Gasteiger partial charge in [-0.3, -0.25) is 9.59 Å². The maximum absolute atomic E-state index is 12.2. The van der Waals surface area contributed by atoms with Crippen LogP contribution in [0.1, 0.15) is 27.9 Å². The van der Waals surface area contributed by atoms with Crippen molar-refractivity contribution in [1.29, 1.82) is 0 Å². The molecule has 106 valence electrons. The molecule has 1 aromatic carbocycles. The van der Waals surface area contributed by atoms with Crippen molar-refractivity contribution >= 4 is 23.3 Å². The summed E-state index contributed by atoms with van der Waals surface area (Å²) in [6.45, 7) is 1.94. The van der Waals surface area contributed by atoms with Crippen molar-refractivity contribution in [2.45, 2.75) is 19.8 Å². The maximum atomic E-state index is 12.2. The summed E-state index contributed by atoms with van der Waals surface area (Å²) in [5.41, 5.74) is 3.37. The van der Waals surface area contributed by atoms with Crippen LogP contribution in [0, 0.1) is 6.92 Å². The molecule has 0 aliphatic carbocycles. The number of carbonyl (C=O) groups is 2. The van der Waals surface area contributed by atoms with E-state index in [-0.39, 0.29) is 11.8 Å². The van der Waals surface area contributed by atoms with Gasteiger partial charge in [0.05, 0.1) is 0 Å². The Labute approximate surface area is 122 Å². The number of pyridine rings is 1. The molecule has 2 amide bonds. The summed E-state index contributed by atoms with van der Waals surface area (Å²) in [6.07, 6.45) is 2.77. The largest absolute Gasteiger partial charge is 0.326 e. The molecular formula is C16H15N3O2. The van der Waals surface area contributed by atoms with E-state index in [4.69, 9.17) is 0 Å². The number of hydrogen-bond donors (Lipinski definition) is 2. The fourth-order valence-corrected chi connectivity index (χ4v) is 2.32. The van der Waals surface area contributed by atoms with Gasteiger partial charge in [-0.1, -0.05) is 0 Å². The van der Waals surface area contributed by atoms with Gasteiger partial charge < -0.3 is 10.6 Å². The highest BCUT2D eigenvalue weighted by Gasteiger charge is 2.16. The van der Waals surface area contributed by atoms with Crippen LogP contribution in [-0.2, 0) is 11.2 Å². The molecule has 2 heterocycles. The summed E-state index contributed by atoms with van der Waals surface area (Å²) < 4.78 is 0. The summed E-state index contributed by atoms with van der Waals surface area (Å²) in [5, 5.41) is 5.58. The molecule has 3 rings (SSSR count). The molecule has 0 saturated carbocycles. The van der Waals surface area contributed by atoms with Gasteiger partial charge in [0.2, 0.25) is 5.91 Å². The van der Waals surface area contributed by atoms with Gasteiger partial charge in [-0.25, -0.2) is 4.98 Å². The second-order valence-corrected chi connectivity index (χ2v) is 5.09. The first-order chi connectivity index (χ1) is 10.1. The first-order valence-electron chi connectivity index (χ1n) is 6.78. The van der Waals surface area contributed by atoms with E-state index in [0.29, 0.717) is 24.2 Å². The smallest absolute Gasteiger partial charge is 0.256 e. The van der Waals surface area contributed by atoms with Gasteiger partial charge in [-0.05, 0) is 54.8 Å². The Morgan fingerprint density at radius 1 is 1.24 bits per heavy atom. The topological polar surface area (TPSA) is 71.1 Å². The van der Waals surface area contributed by atoms with E-state index in [1.54, 1.807) is 18.3 Å². The number of nitrogens with zero attached hydrogens (tertiary/aromatic N) is 1. The number of aromatic nitrogens is 1. The van der Waals surface area contributed by atoms with E-state index in [2.05, 4.69) is 15.6 Å². The molecule has 1 aromatic heterocycles. The van der Waals surface area contributed by atoms with E-state index in [1.807, 2.05) is 25.1 Å². The minimum Gasteiger partial charge on any atom is -0.326 e. The van der Waals surface area contributed by atoms with Crippen LogP contribution in [0.25, 0.3) is 0 Å². The third-order valence-corrected chi connectivity index (χ3v) is 3.42. The summed E-state index contributed by atoms with van der Waals surface area (Å²) in [5.74, 6) is 0.350. The standard InChI is InChI=1S/C16H15N3O2/c1-10-6-7-17-14(8-10)19-16(21)12-2-4-13-11(9-12)3-5-15(20)18-13/h2,4,6-9H,3,5H2,1H3,(H,18,20)(H,17,19,21). The molecule has 0 spiro atoms. The number of nitrogens with one attached hydrogen (secondary N) is 2. The van der Waals surface area contributed by atoms with Crippen LogP contribution in [0.2, 0.25) is 0 Å². The van der Waals surface area contributed by atoms with Gasteiger partial charge in [0.15, 0.2) is 0 Å². The number of rotatable bonds is 2. The lowest BCUT2D eigenvalue weighted by Crippen LogP contribution is -2.20. The third-order valence-electron chi connectivity index (χ3n) is 3.42. The van der Waals surface area contributed by atoms with Gasteiger partial charge in [0.25, 0.3) is 5.91 Å². The third kappa shape index (κ3) is 2.91. The number of fused-ring (bicyclic) bond motifs is 1. The minimum atomic E-state index is -0.201. The number of hydrogen-bond acceptors (Lipinski definition) is 3. The highest BCUT2D eigenvalue weighted by Crippen LogP contribution is 2.23. The normalized spacial score (nSPS) is 13.3. The molecule has 0 bridgehead atoms. The number of aryl methyl sites for hydroxylation is 2. The predicted molar refractivity (Wildman–Crippen MR) is 80.3 cm³/mol. The van der Waals surface area contributed by atoms with Crippen molar-refractivity contribution in [3.8, 4) is 0 Å². The zero-order valence-electron chi connectivity index (χ0n) is 11.6. The van der Waals surface area contributed by atoms with Gasteiger partial charge in [0, 0.05) is 23.9 Å². The molecule has 1 aliphatic heterocycles. The highest BCUT2D eigenvalue weighted by molar-refractivity contribution is 6.04. The van der Waals surface area contributed by atoms with Gasteiger partial charge in [-0.2, -0.15) is 0 Å². The molecule has 21 heavy (non-hydrogen) atoms. The first kappa shape index (κ1) is 13.3. The number of carbonyl (C=O) groups excluding carboxylic acids is 2. The average Bonchev–Trinajstić information content (AvgIpc) is 2.46. The second-order valence-electron chi connectivity index (χ2n) is 5.09. The van der Waals surface area contributed by atoms with Crippen molar-refractivity contribution < 1.29 is 9.59 Å². The number of benzene rings is 1. The van der Waals surface area contributed by atoms with Crippen molar-refractivity contribution in [1.82, 2.24) is 4.98 Å². The zero-order chi connectivity index (χ0) is 14.8. The Morgan fingerprint density at radius 3 is 2.90 bits per heavy atom. The Hall–Kier alpha value is -2.69. The van der Waals surface area contributed by atoms with Crippen LogP contribution >= 0.6 is 0 Å². The predicted octanol–water partition coefficient (Wildman–Crippen LogP) is 2.53. The molecule has 2 aromatic rings. The summed E-state index contributed by atoms with van der Waals surface area (Å²) in [4.78, 5) is 27.7. The Kier molecular flexibility index (Phi) is 3.39. The zero-order valence-corrected chi connectivity index (χ0v) is 11.6. The Morgan fingerprint density at radius 2 is 2.10 bits per heavy atom. The van der Waals surface area contributed by atoms with Crippen LogP contribution in [0.4, 0.5) is 11.5 Å². The van der Waals surface area contributed by atoms with E-state index in [9.17, 15) is 9.59 Å². The molecule has 1 aliphatic rings. The van der Waals surface area contributed by atoms with Crippen molar-refractivity contribution in [2.75, 3.05) is 10.6 Å². The average molecular weight is 281 g/mol. The summed E-state index contributed by atoms with van der Waals surface area (Å²) >= 11 is 0. The van der Waals surface area contributed by atoms with Gasteiger partial charge in [-0.15, -0.1) is 0 Å². The number of anilines is 2. The van der Waals surface area contributed by atoms with Crippen LogP contribution < -0.4 is 10.6 Å². The molecule has 0 radical (unpaired) electrons. The monoisotopic (exact) mass is 281 g/mol. The van der Waals surface area contributed by atoms with E-state index >= 15 is 0 Å². The summed E-state index contributed by atoms with van der Waals surface area (Å²) in [6, 6.07) is 8.98. The quantitative estimate of drug-likeness (QED) is 0.888. The molecule has 0 atom stereocenters. The number of amides is 2. The van der Waals surface area contributed by atoms with Gasteiger partial charge >= 0.3 is 0 Å². The second kappa shape index (κ2) is 5.36. The fraction of sp³-hybridized carbons (Fsp3) is 0.188. The molecule has 5 nitrogen and oxygen atoms in total. The molecule has 2 N–H and O–H groups in total. The van der Waals surface area contributed by atoms with Crippen molar-refractivity contribution in [3.05, 3.63) is 53.2 Å². The van der Waals surface area contributed by atoms with Crippen LogP contribution in [0.3, 0.4) is 0 Å². The van der Waals surface area contributed by atoms with Crippen molar-refractivity contribution in [2.24, 2.45) is 0 Å². The lowest BCUT2D eigenvalue weighted by Gasteiger charge is -2.17. The molecule has 0 unspecified atom stereocenters. The molecule has 0 fully saturated rings. The minimum absolute atomic E-state index is 0.0173. The Bertz CT molecular complexity index is 725. The molecule has 0 saturated heterocycles. The molecular weight excluding hydrogens is 266 g/mol. The lowest BCUT2D eigenvalue weighted by molar-refractivity contribution is -0.116. The highest BCUT2D eigenvalue weighted by atomic mass is 16.2. The summed E-state index contributed by atoms with van der Waals surface area (Å²) in [7, 11) is 0.